The molecule has 2 heterocycles. The summed E-state index contributed by atoms with van der Waals surface area (Å²) in [5, 5.41) is 6.02. The first kappa shape index (κ1) is 21.3. The van der Waals surface area contributed by atoms with Crippen molar-refractivity contribution in [3.8, 4) is 0 Å². The van der Waals surface area contributed by atoms with E-state index in [4.69, 9.17) is 0 Å². The topological polar surface area (TPSA) is 65.5 Å². The number of carbonyl (C=O) groups excluding carboxylic acids is 2. The van der Waals surface area contributed by atoms with E-state index in [1.54, 1.807) is 16.2 Å². The zero-order chi connectivity index (χ0) is 21.0. The lowest BCUT2D eigenvalue weighted by Crippen LogP contribution is -2.53. The van der Waals surface area contributed by atoms with Crippen molar-refractivity contribution in [2.24, 2.45) is 0 Å². The van der Waals surface area contributed by atoms with Gasteiger partial charge >= 0.3 is 6.03 Å². The molecule has 0 bridgehead atoms. The van der Waals surface area contributed by atoms with Gasteiger partial charge in [0.25, 0.3) is 0 Å². The van der Waals surface area contributed by atoms with Crippen LogP contribution in [0, 0.1) is 6.92 Å². The maximum Gasteiger partial charge on any atom is 0.317 e. The van der Waals surface area contributed by atoms with E-state index in [0.717, 1.165) is 16.3 Å². The van der Waals surface area contributed by atoms with E-state index in [2.05, 4.69) is 31.1 Å². The van der Waals surface area contributed by atoms with Crippen LogP contribution in [-0.2, 0) is 23.2 Å². The normalized spacial score (nSPS) is 14.8. The van der Waals surface area contributed by atoms with E-state index in [-0.39, 0.29) is 17.4 Å². The molecular formula is C22H30N4O2S. The smallest absolute Gasteiger partial charge is 0.317 e. The summed E-state index contributed by atoms with van der Waals surface area (Å²) in [5.74, 6) is 0.117. The van der Waals surface area contributed by atoms with E-state index in [0.29, 0.717) is 39.1 Å². The molecule has 29 heavy (non-hydrogen) atoms. The first-order valence-corrected chi connectivity index (χ1v) is 10.9. The van der Waals surface area contributed by atoms with E-state index in [1.165, 1.54) is 5.56 Å². The monoisotopic (exact) mass is 414 g/mol. The molecular weight excluding hydrogens is 384 g/mol. The quantitative estimate of drug-likeness (QED) is 0.834. The number of benzene rings is 1. The van der Waals surface area contributed by atoms with Crippen molar-refractivity contribution >= 4 is 23.3 Å². The van der Waals surface area contributed by atoms with E-state index >= 15 is 0 Å². The lowest BCUT2D eigenvalue weighted by molar-refractivity contribution is -0.131. The van der Waals surface area contributed by atoms with Gasteiger partial charge in [0.1, 0.15) is 0 Å². The number of aryl methyl sites for hydroxylation is 1. The highest BCUT2D eigenvalue weighted by Crippen LogP contribution is 2.25. The van der Waals surface area contributed by atoms with Crippen LogP contribution in [0.4, 0.5) is 4.79 Å². The van der Waals surface area contributed by atoms with Gasteiger partial charge in [0.05, 0.1) is 23.7 Å². The number of aromatic nitrogens is 1. The average Bonchev–Trinajstić information content (AvgIpc) is 3.17. The zero-order valence-electron chi connectivity index (χ0n) is 17.7. The van der Waals surface area contributed by atoms with Gasteiger partial charge in [-0.05, 0) is 12.5 Å². The molecule has 0 saturated carbocycles. The van der Waals surface area contributed by atoms with Gasteiger partial charge in [0.15, 0.2) is 0 Å². The number of hydrogen-bond donors (Lipinski definition) is 1. The zero-order valence-corrected chi connectivity index (χ0v) is 18.5. The second-order valence-corrected chi connectivity index (χ2v) is 9.44. The van der Waals surface area contributed by atoms with Crippen molar-refractivity contribution in [2.45, 2.75) is 46.1 Å². The molecule has 1 aromatic carbocycles. The Morgan fingerprint density at radius 2 is 1.69 bits per heavy atom. The molecule has 1 aliphatic heterocycles. The van der Waals surface area contributed by atoms with E-state index in [9.17, 15) is 9.59 Å². The van der Waals surface area contributed by atoms with Crippen LogP contribution in [-0.4, -0.2) is 52.9 Å². The number of piperazine rings is 1. The molecule has 0 unspecified atom stereocenters. The number of nitrogens with zero attached hydrogens (tertiary/aromatic N) is 3. The Bertz CT molecular complexity index is 846. The SMILES string of the molecule is Cc1ccc(CC(=O)N2CCN(C(=O)NCc3csc(C(C)(C)C)n3)CC2)cc1. The summed E-state index contributed by atoms with van der Waals surface area (Å²) in [6.45, 7) is 11.1. The molecule has 0 atom stereocenters. The summed E-state index contributed by atoms with van der Waals surface area (Å²) in [4.78, 5) is 33.2. The lowest BCUT2D eigenvalue weighted by atomic mass is 9.98. The van der Waals surface area contributed by atoms with Crippen LogP contribution in [0.5, 0.6) is 0 Å². The van der Waals surface area contributed by atoms with Crippen LogP contribution < -0.4 is 5.32 Å². The van der Waals surface area contributed by atoms with Gasteiger partial charge in [-0.15, -0.1) is 11.3 Å². The molecule has 2 aromatic rings. The maximum absolute atomic E-state index is 12.5. The van der Waals surface area contributed by atoms with Crippen molar-refractivity contribution in [2.75, 3.05) is 26.2 Å². The van der Waals surface area contributed by atoms with Crippen LogP contribution in [0.2, 0.25) is 0 Å². The van der Waals surface area contributed by atoms with E-state index in [1.807, 2.05) is 41.5 Å². The Balaban J connectivity index is 1.43. The summed E-state index contributed by atoms with van der Waals surface area (Å²) < 4.78 is 0. The highest BCUT2D eigenvalue weighted by Gasteiger charge is 2.24. The molecule has 7 heteroatoms. The molecule has 1 N–H and O–H groups in total. The standard InChI is InChI=1S/C22H30N4O2S/c1-16-5-7-17(8-6-16)13-19(27)25-9-11-26(12-10-25)21(28)23-14-18-15-29-20(24-18)22(2,3)4/h5-8,15H,9-14H2,1-4H3,(H,23,28). The van der Waals surface area contributed by atoms with Crippen LogP contribution >= 0.6 is 11.3 Å². The second-order valence-electron chi connectivity index (χ2n) is 8.58. The number of carbonyl (C=O) groups is 2. The number of nitrogens with one attached hydrogen (secondary N) is 1. The van der Waals surface area contributed by atoms with Crippen LogP contribution in [0.1, 0.15) is 42.6 Å². The molecule has 1 aliphatic rings. The number of thiazole rings is 1. The highest BCUT2D eigenvalue weighted by molar-refractivity contribution is 7.09. The fraction of sp³-hybridized carbons (Fsp3) is 0.500. The minimum absolute atomic E-state index is 0.0222. The van der Waals surface area contributed by atoms with Gasteiger partial charge in [0, 0.05) is 37.0 Å². The van der Waals surface area contributed by atoms with E-state index < -0.39 is 0 Å². The Morgan fingerprint density at radius 1 is 1.07 bits per heavy atom. The third-order valence-corrected chi connectivity index (χ3v) is 6.33. The third kappa shape index (κ3) is 5.79. The fourth-order valence-corrected chi connectivity index (χ4v) is 4.07. The molecule has 156 valence electrons. The van der Waals surface area contributed by atoms with Crippen molar-refractivity contribution in [1.82, 2.24) is 20.1 Å². The van der Waals surface area contributed by atoms with Gasteiger partial charge in [-0.2, -0.15) is 0 Å². The Kier molecular flexibility index (Phi) is 6.57. The van der Waals surface area contributed by atoms with Gasteiger partial charge in [0.2, 0.25) is 5.91 Å². The van der Waals surface area contributed by atoms with Crippen LogP contribution in [0.25, 0.3) is 0 Å². The highest BCUT2D eigenvalue weighted by atomic mass is 32.1. The third-order valence-electron chi connectivity index (χ3n) is 5.01. The number of amides is 3. The average molecular weight is 415 g/mol. The molecule has 0 spiro atoms. The first-order valence-electron chi connectivity index (χ1n) is 10.0. The molecule has 6 nitrogen and oxygen atoms in total. The second kappa shape index (κ2) is 8.95. The number of urea groups is 1. The number of rotatable bonds is 4. The molecule has 1 saturated heterocycles. The largest absolute Gasteiger partial charge is 0.339 e. The summed E-state index contributed by atoms with van der Waals surface area (Å²) >= 11 is 1.63. The Morgan fingerprint density at radius 3 is 2.28 bits per heavy atom. The lowest BCUT2D eigenvalue weighted by Gasteiger charge is -2.34. The van der Waals surface area contributed by atoms with Gasteiger partial charge < -0.3 is 15.1 Å². The van der Waals surface area contributed by atoms with Gasteiger partial charge in [-0.25, -0.2) is 9.78 Å². The summed E-state index contributed by atoms with van der Waals surface area (Å²) in [6, 6.07) is 7.96. The predicted molar refractivity (Wildman–Crippen MR) is 116 cm³/mol. The molecule has 1 fully saturated rings. The molecule has 1 aromatic heterocycles. The predicted octanol–water partition coefficient (Wildman–Crippen LogP) is 3.35. The summed E-state index contributed by atoms with van der Waals surface area (Å²) in [7, 11) is 0. The van der Waals surface area contributed by atoms with Crippen molar-refractivity contribution in [3.63, 3.8) is 0 Å². The van der Waals surface area contributed by atoms with Crippen LogP contribution in [0.15, 0.2) is 29.6 Å². The molecule has 3 rings (SSSR count). The van der Waals surface area contributed by atoms with Crippen LogP contribution in [0.3, 0.4) is 0 Å². The Hall–Kier alpha value is -2.41. The maximum atomic E-state index is 12.5. The molecule has 0 aliphatic carbocycles. The van der Waals surface area contributed by atoms with Crippen molar-refractivity contribution in [1.29, 1.82) is 0 Å². The molecule has 3 amide bonds. The van der Waals surface area contributed by atoms with Crippen molar-refractivity contribution in [3.05, 3.63) is 51.5 Å². The van der Waals surface area contributed by atoms with Crippen molar-refractivity contribution < 1.29 is 9.59 Å². The number of hydrogen-bond acceptors (Lipinski definition) is 4. The minimum atomic E-state index is -0.0963. The van der Waals surface area contributed by atoms with Gasteiger partial charge in [-0.1, -0.05) is 50.6 Å². The molecule has 0 radical (unpaired) electrons. The fourth-order valence-electron chi connectivity index (χ4n) is 3.16. The summed E-state index contributed by atoms with van der Waals surface area (Å²) in [5.41, 5.74) is 3.13. The first-order chi connectivity index (χ1) is 13.7. The Labute approximate surface area is 176 Å². The minimum Gasteiger partial charge on any atom is -0.339 e. The van der Waals surface area contributed by atoms with Gasteiger partial charge in [-0.3, -0.25) is 4.79 Å². The summed E-state index contributed by atoms with van der Waals surface area (Å²) in [6.07, 6.45) is 0.409.